The highest BCUT2D eigenvalue weighted by atomic mass is 35.5. The number of methoxy groups -OCH3 is 1. The summed E-state index contributed by atoms with van der Waals surface area (Å²) < 4.78 is 53.5. The number of fused-ring (bicyclic) bond motifs is 1. The number of rotatable bonds is 8. The summed E-state index contributed by atoms with van der Waals surface area (Å²) in [5.41, 5.74) is 1.46. The molecule has 0 bridgehead atoms. The molecule has 0 spiro atoms. The van der Waals surface area contributed by atoms with Crippen LogP contribution in [0, 0.1) is 12.7 Å². The Morgan fingerprint density at radius 1 is 1.15 bits per heavy atom. The van der Waals surface area contributed by atoms with E-state index in [0.29, 0.717) is 28.3 Å². The van der Waals surface area contributed by atoms with Gasteiger partial charge in [-0.05, 0) is 42.8 Å². The molecule has 9 nitrogen and oxygen atoms in total. The summed E-state index contributed by atoms with van der Waals surface area (Å²) in [5.74, 6) is 0.562. The van der Waals surface area contributed by atoms with Crippen LogP contribution in [0.1, 0.15) is 5.56 Å². The number of hydrogen-bond acceptors (Lipinski definition) is 7. The predicted octanol–water partition coefficient (Wildman–Crippen LogP) is 3.26. The Balaban J connectivity index is 1.44. The van der Waals surface area contributed by atoms with E-state index in [2.05, 4.69) is 20.0 Å². The molecule has 4 aromatic rings. The normalized spacial score (nSPS) is 11.6. The van der Waals surface area contributed by atoms with Crippen molar-refractivity contribution in [2.45, 2.75) is 11.8 Å². The molecule has 1 N–H and O–H groups in total. The largest absolute Gasteiger partial charge is 0.495 e. The van der Waals surface area contributed by atoms with Crippen LogP contribution in [-0.2, 0) is 10.0 Å². The maximum Gasteiger partial charge on any atom is 0.241 e. The first kappa shape index (κ1) is 22.9. The zero-order valence-corrected chi connectivity index (χ0v) is 19.2. The molecule has 0 aliphatic rings. The molecule has 0 saturated carbocycles. The minimum atomic E-state index is -3.82. The molecule has 0 radical (unpaired) electrons. The minimum Gasteiger partial charge on any atom is -0.495 e. The smallest absolute Gasteiger partial charge is 0.241 e. The van der Waals surface area contributed by atoms with Crippen LogP contribution in [0.5, 0.6) is 11.6 Å². The van der Waals surface area contributed by atoms with Gasteiger partial charge in [-0.15, -0.1) is 15.3 Å². The molecule has 0 unspecified atom stereocenters. The van der Waals surface area contributed by atoms with Gasteiger partial charge in [0.25, 0.3) is 0 Å². The number of nitrogens with zero attached hydrogens (tertiary/aromatic N) is 4. The zero-order chi connectivity index (χ0) is 23.6. The second kappa shape index (κ2) is 9.30. The van der Waals surface area contributed by atoms with E-state index in [4.69, 9.17) is 21.1 Å². The van der Waals surface area contributed by atoms with Crippen molar-refractivity contribution >= 4 is 27.3 Å². The Morgan fingerprint density at radius 3 is 2.73 bits per heavy atom. The third kappa shape index (κ3) is 4.90. The van der Waals surface area contributed by atoms with Gasteiger partial charge in [0.2, 0.25) is 15.9 Å². The van der Waals surface area contributed by atoms with E-state index < -0.39 is 15.8 Å². The number of hydrogen-bond donors (Lipinski definition) is 1. The first-order chi connectivity index (χ1) is 15.8. The molecule has 0 saturated heterocycles. The van der Waals surface area contributed by atoms with Crippen molar-refractivity contribution < 1.29 is 22.3 Å². The Morgan fingerprint density at radius 2 is 1.97 bits per heavy atom. The molecule has 0 aliphatic carbocycles. The summed E-state index contributed by atoms with van der Waals surface area (Å²) in [5, 5.41) is 12.6. The topological polar surface area (TPSA) is 108 Å². The molecule has 172 valence electrons. The highest BCUT2D eigenvalue weighted by Gasteiger charge is 2.19. The molecule has 2 aromatic carbocycles. The van der Waals surface area contributed by atoms with E-state index >= 15 is 0 Å². The molecular formula is C21H19ClFN5O4S. The fourth-order valence-electron chi connectivity index (χ4n) is 3.15. The molecule has 12 heteroatoms. The van der Waals surface area contributed by atoms with Crippen molar-refractivity contribution in [3.63, 3.8) is 0 Å². The SMILES string of the molecule is COc1cc(C)c(S(=O)(=O)NCCOc2ccc3nnc(-c4cccc(F)c4)n3n2)cc1Cl. The van der Waals surface area contributed by atoms with Gasteiger partial charge in [0.05, 0.1) is 17.0 Å². The number of nitrogens with one attached hydrogen (secondary N) is 1. The van der Waals surface area contributed by atoms with Gasteiger partial charge >= 0.3 is 0 Å². The monoisotopic (exact) mass is 491 g/mol. The molecule has 0 aliphatic heterocycles. The van der Waals surface area contributed by atoms with Gasteiger partial charge in [-0.1, -0.05) is 23.7 Å². The molecule has 0 atom stereocenters. The Hall–Kier alpha value is -3.28. The van der Waals surface area contributed by atoms with Crippen LogP contribution in [0.3, 0.4) is 0 Å². The summed E-state index contributed by atoms with van der Waals surface area (Å²) in [6, 6.07) is 12.0. The fraction of sp³-hybridized carbons (Fsp3) is 0.190. The van der Waals surface area contributed by atoms with Crippen molar-refractivity contribution in [2.75, 3.05) is 20.3 Å². The lowest BCUT2D eigenvalue weighted by atomic mass is 10.2. The maximum atomic E-state index is 13.6. The van der Waals surface area contributed by atoms with E-state index in [9.17, 15) is 12.8 Å². The predicted molar refractivity (Wildman–Crippen MR) is 120 cm³/mol. The second-order valence-electron chi connectivity index (χ2n) is 6.97. The summed E-state index contributed by atoms with van der Waals surface area (Å²) in [6.45, 7) is 1.65. The fourth-order valence-corrected chi connectivity index (χ4v) is 4.72. The summed E-state index contributed by atoms with van der Waals surface area (Å²) >= 11 is 6.07. The Kier molecular flexibility index (Phi) is 6.45. The van der Waals surface area contributed by atoms with Crippen LogP contribution in [0.15, 0.2) is 53.4 Å². The van der Waals surface area contributed by atoms with Crippen LogP contribution >= 0.6 is 11.6 Å². The standard InChI is InChI=1S/C21H19ClFN5O4S/c1-13-10-17(31-2)16(22)12-18(13)33(29,30)24-8-9-32-20-7-6-19-25-26-21(28(19)27-20)14-4-3-5-15(23)11-14/h3-7,10-12,24H,8-9H2,1-2H3. The van der Waals surface area contributed by atoms with Crippen LogP contribution in [-0.4, -0.2) is 48.5 Å². The lowest BCUT2D eigenvalue weighted by molar-refractivity contribution is 0.306. The number of halogens is 2. The third-order valence-electron chi connectivity index (χ3n) is 4.70. The van der Waals surface area contributed by atoms with E-state index in [1.54, 1.807) is 37.3 Å². The van der Waals surface area contributed by atoms with Gasteiger partial charge in [-0.25, -0.2) is 17.5 Å². The summed E-state index contributed by atoms with van der Waals surface area (Å²) in [4.78, 5) is 0.0528. The number of aromatic nitrogens is 4. The molecule has 2 aromatic heterocycles. The van der Waals surface area contributed by atoms with Crippen molar-refractivity contribution in [1.82, 2.24) is 24.5 Å². The Labute approximate surface area is 194 Å². The summed E-state index contributed by atoms with van der Waals surface area (Å²) in [7, 11) is -2.36. The number of aryl methyl sites for hydroxylation is 1. The first-order valence-electron chi connectivity index (χ1n) is 9.73. The maximum absolute atomic E-state index is 13.6. The average molecular weight is 492 g/mol. The first-order valence-corrected chi connectivity index (χ1v) is 11.6. The molecular weight excluding hydrogens is 473 g/mol. The van der Waals surface area contributed by atoms with Gasteiger partial charge < -0.3 is 9.47 Å². The second-order valence-corrected chi connectivity index (χ2v) is 9.12. The third-order valence-corrected chi connectivity index (χ3v) is 6.60. The number of sulfonamides is 1. The van der Waals surface area contributed by atoms with Crippen LogP contribution in [0.25, 0.3) is 17.0 Å². The lowest BCUT2D eigenvalue weighted by Crippen LogP contribution is -2.29. The van der Waals surface area contributed by atoms with Crippen LogP contribution in [0.2, 0.25) is 5.02 Å². The van der Waals surface area contributed by atoms with Gasteiger partial charge in [0.15, 0.2) is 11.5 Å². The highest BCUT2D eigenvalue weighted by Crippen LogP contribution is 2.30. The van der Waals surface area contributed by atoms with Gasteiger partial charge in [0, 0.05) is 18.2 Å². The molecule has 33 heavy (non-hydrogen) atoms. The van der Waals surface area contributed by atoms with Crippen molar-refractivity contribution in [2.24, 2.45) is 0 Å². The molecule has 0 fully saturated rings. The molecule has 4 rings (SSSR count). The number of benzene rings is 2. The van der Waals surface area contributed by atoms with Crippen LogP contribution in [0.4, 0.5) is 4.39 Å². The van der Waals surface area contributed by atoms with Crippen molar-refractivity contribution in [3.05, 3.63) is 64.9 Å². The lowest BCUT2D eigenvalue weighted by Gasteiger charge is -2.12. The average Bonchev–Trinajstić information content (AvgIpc) is 3.21. The summed E-state index contributed by atoms with van der Waals surface area (Å²) in [6.07, 6.45) is 0. The van der Waals surface area contributed by atoms with Crippen LogP contribution < -0.4 is 14.2 Å². The Bertz CT molecular complexity index is 1430. The van der Waals surface area contributed by atoms with E-state index in [1.807, 2.05) is 0 Å². The zero-order valence-electron chi connectivity index (χ0n) is 17.6. The van der Waals surface area contributed by atoms with Crippen molar-refractivity contribution in [1.29, 1.82) is 0 Å². The molecule has 0 amide bonds. The quantitative estimate of drug-likeness (QED) is 0.377. The van der Waals surface area contributed by atoms with E-state index in [0.717, 1.165) is 0 Å². The molecule has 2 heterocycles. The van der Waals surface area contributed by atoms with E-state index in [-0.39, 0.29) is 28.9 Å². The van der Waals surface area contributed by atoms with Gasteiger partial charge in [0.1, 0.15) is 18.2 Å². The van der Waals surface area contributed by atoms with Gasteiger partial charge in [-0.2, -0.15) is 4.52 Å². The highest BCUT2D eigenvalue weighted by molar-refractivity contribution is 7.89. The minimum absolute atomic E-state index is 0.00985. The number of ether oxygens (including phenoxy) is 2. The van der Waals surface area contributed by atoms with Gasteiger partial charge in [-0.3, -0.25) is 0 Å². The van der Waals surface area contributed by atoms with E-state index in [1.165, 1.54) is 29.8 Å². The van der Waals surface area contributed by atoms with Crippen molar-refractivity contribution in [3.8, 4) is 23.0 Å².